The molecule has 0 spiro atoms. The van der Waals surface area contributed by atoms with Gasteiger partial charge in [-0.05, 0) is 36.6 Å². The van der Waals surface area contributed by atoms with Gasteiger partial charge in [-0.3, -0.25) is 0 Å². The van der Waals surface area contributed by atoms with Crippen LogP contribution in [0.4, 0.5) is 0 Å². The Balaban J connectivity index is 2.01. The Kier molecular flexibility index (Phi) is 3.67. The summed E-state index contributed by atoms with van der Waals surface area (Å²) in [5, 5.41) is 11.7. The Bertz CT molecular complexity index is 615. The number of aromatic nitrogens is 2. The monoisotopic (exact) mass is 308 g/mol. The molecule has 2 aromatic rings. The molecule has 0 saturated heterocycles. The van der Waals surface area contributed by atoms with Crippen molar-refractivity contribution < 1.29 is 5.11 Å². The highest BCUT2D eigenvalue weighted by Gasteiger charge is 2.46. The van der Waals surface area contributed by atoms with Crippen LogP contribution in [-0.2, 0) is 5.41 Å². The summed E-state index contributed by atoms with van der Waals surface area (Å²) >= 11 is 12.1. The molecule has 0 aliphatic heterocycles. The van der Waals surface area contributed by atoms with Crippen molar-refractivity contribution in [3.05, 3.63) is 58.1 Å². The molecule has 5 heteroatoms. The van der Waals surface area contributed by atoms with Crippen LogP contribution < -0.4 is 0 Å². The fraction of sp³-hybridized carbons (Fsp3) is 0.333. The van der Waals surface area contributed by atoms with Gasteiger partial charge in [0.1, 0.15) is 6.10 Å². The van der Waals surface area contributed by atoms with Crippen LogP contribution in [0.1, 0.15) is 36.8 Å². The number of hydrogen-bond acceptors (Lipinski definition) is 3. The number of aliphatic hydroxyl groups excluding tert-OH is 1. The van der Waals surface area contributed by atoms with Gasteiger partial charge in [0.15, 0.2) is 5.82 Å². The summed E-state index contributed by atoms with van der Waals surface area (Å²) in [6, 6.07) is 7.29. The third-order valence-corrected chi connectivity index (χ3v) is 4.83. The topological polar surface area (TPSA) is 46.0 Å². The fourth-order valence-electron chi connectivity index (χ4n) is 2.78. The van der Waals surface area contributed by atoms with Crippen LogP contribution in [0.3, 0.4) is 0 Å². The van der Waals surface area contributed by atoms with E-state index in [2.05, 4.69) is 9.97 Å². The largest absolute Gasteiger partial charge is 0.384 e. The lowest BCUT2D eigenvalue weighted by atomic mass is 9.61. The predicted octanol–water partition coefficient (Wildman–Crippen LogP) is 3.94. The molecular weight excluding hydrogens is 295 g/mol. The van der Waals surface area contributed by atoms with Crippen LogP contribution in [0, 0.1) is 0 Å². The Labute approximate surface area is 127 Å². The molecule has 1 N–H and O–H groups in total. The van der Waals surface area contributed by atoms with E-state index in [-0.39, 0.29) is 5.41 Å². The van der Waals surface area contributed by atoms with Crippen molar-refractivity contribution in [3.63, 3.8) is 0 Å². The summed E-state index contributed by atoms with van der Waals surface area (Å²) in [6.45, 7) is 0. The van der Waals surface area contributed by atoms with E-state index in [0.29, 0.717) is 15.9 Å². The first-order valence-electron chi connectivity index (χ1n) is 6.54. The lowest BCUT2D eigenvalue weighted by Gasteiger charge is -2.45. The predicted molar refractivity (Wildman–Crippen MR) is 79.0 cm³/mol. The zero-order valence-electron chi connectivity index (χ0n) is 10.8. The molecule has 0 bridgehead atoms. The number of hydrogen-bond donors (Lipinski definition) is 1. The number of aliphatic hydroxyl groups is 1. The summed E-state index contributed by atoms with van der Waals surface area (Å²) in [7, 11) is 0. The number of nitrogens with zero attached hydrogens (tertiary/aromatic N) is 2. The van der Waals surface area contributed by atoms with Crippen molar-refractivity contribution in [2.75, 3.05) is 0 Å². The minimum absolute atomic E-state index is 0.352. The van der Waals surface area contributed by atoms with Gasteiger partial charge in [-0.25, -0.2) is 9.97 Å². The van der Waals surface area contributed by atoms with E-state index in [0.717, 1.165) is 24.8 Å². The minimum Gasteiger partial charge on any atom is -0.384 e. The molecule has 1 atom stereocenters. The normalized spacial score (nSPS) is 18.4. The van der Waals surface area contributed by atoms with E-state index in [1.807, 2.05) is 12.1 Å². The standard InChI is InChI=1S/C15H14Cl2N2O/c16-11-4-3-10(9-12(11)17)15(5-1-6-15)13(20)14-18-7-2-8-19-14/h2-4,7-9,13,20H,1,5-6H2/t13-/m0/s1. The Hall–Kier alpha value is -1.16. The molecule has 0 amide bonds. The molecule has 0 unspecified atom stereocenters. The Morgan fingerprint density at radius 1 is 1.10 bits per heavy atom. The first kappa shape index (κ1) is 13.8. The molecule has 1 heterocycles. The van der Waals surface area contributed by atoms with E-state index in [4.69, 9.17) is 23.2 Å². The van der Waals surface area contributed by atoms with Gasteiger partial charge in [-0.1, -0.05) is 35.7 Å². The van der Waals surface area contributed by atoms with Gasteiger partial charge in [0.05, 0.1) is 10.0 Å². The highest BCUT2D eigenvalue weighted by molar-refractivity contribution is 6.42. The summed E-state index contributed by atoms with van der Waals surface area (Å²) in [5.41, 5.74) is 0.647. The number of benzene rings is 1. The number of rotatable bonds is 3. The third kappa shape index (κ3) is 2.20. The summed E-state index contributed by atoms with van der Waals surface area (Å²) in [6.07, 6.45) is 5.42. The van der Waals surface area contributed by atoms with Crippen molar-refractivity contribution in [2.24, 2.45) is 0 Å². The first-order chi connectivity index (χ1) is 9.63. The molecule has 1 aliphatic carbocycles. The Morgan fingerprint density at radius 2 is 1.80 bits per heavy atom. The van der Waals surface area contributed by atoms with Crippen LogP contribution in [0.15, 0.2) is 36.7 Å². The molecule has 3 nitrogen and oxygen atoms in total. The SMILES string of the molecule is O[C@@H](c1ncccn1)C1(c2ccc(Cl)c(Cl)c2)CCC1. The quantitative estimate of drug-likeness (QED) is 0.934. The molecule has 1 aromatic carbocycles. The van der Waals surface area contributed by atoms with Gasteiger partial charge in [-0.15, -0.1) is 0 Å². The van der Waals surface area contributed by atoms with Crippen molar-refractivity contribution in [2.45, 2.75) is 30.8 Å². The second-order valence-electron chi connectivity index (χ2n) is 5.15. The second kappa shape index (κ2) is 5.32. The van der Waals surface area contributed by atoms with Crippen molar-refractivity contribution in [3.8, 4) is 0 Å². The number of halogens is 2. The molecule has 1 aromatic heterocycles. The maximum atomic E-state index is 10.7. The van der Waals surface area contributed by atoms with E-state index in [1.54, 1.807) is 24.5 Å². The molecule has 0 radical (unpaired) electrons. The van der Waals surface area contributed by atoms with Gasteiger partial charge in [0.2, 0.25) is 0 Å². The average molecular weight is 309 g/mol. The average Bonchev–Trinajstić information content (AvgIpc) is 2.42. The minimum atomic E-state index is -0.727. The van der Waals surface area contributed by atoms with Crippen LogP contribution in [0.25, 0.3) is 0 Å². The lowest BCUT2D eigenvalue weighted by molar-refractivity contribution is 0.0205. The zero-order chi connectivity index (χ0) is 14.2. The van der Waals surface area contributed by atoms with Gasteiger partial charge < -0.3 is 5.11 Å². The van der Waals surface area contributed by atoms with E-state index >= 15 is 0 Å². The molecular formula is C15H14Cl2N2O. The summed E-state index contributed by atoms with van der Waals surface area (Å²) < 4.78 is 0. The highest BCUT2D eigenvalue weighted by atomic mass is 35.5. The maximum absolute atomic E-state index is 10.7. The lowest BCUT2D eigenvalue weighted by Crippen LogP contribution is -2.41. The van der Waals surface area contributed by atoms with Crippen molar-refractivity contribution in [1.82, 2.24) is 9.97 Å². The summed E-state index contributed by atoms with van der Waals surface area (Å²) in [5.74, 6) is 0.457. The van der Waals surface area contributed by atoms with E-state index in [1.165, 1.54) is 0 Å². The van der Waals surface area contributed by atoms with E-state index in [9.17, 15) is 5.11 Å². The molecule has 1 fully saturated rings. The third-order valence-electron chi connectivity index (χ3n) is 4.09. The highest BCUT2D eigenvalue weighted by Crippen LogP contribution is 2.52. The van der Waals surface area contributed by atoms with Crippen LogP contribution in [0.2, 0.25) is 10.0 Å². The molecule has 1 saturated carbocycles. The van der Waals surface area contributed by atoms with E-state index < -0.39 is 6.10 Å². The Morgan fingerprint density at radius 3 is 2.35 bits per heavy atom. The zero-order valence-corrected chi connectivity index (χ0v) is 12.3. The van der Waals surface area contributed by atoms with Crippen LogP contribution >= 0.6 is 23.2 Å². The van der Waals surface area contributed by atoms with Crippen molar-refractivity contribution >= 4 is 23.2 Å². The molecule has 104 valence electrons. The van der Waals surface area contributed by atoms with Gasteiger partial charge in [-0.2, -0.15) is 0 Å². The first-order valence-corrected chi connectivity index (χ1v) is 7.29. The maximum Gasteiger partial charge on any atom is 0.157 e. The molecule has 3 rings (SSSR count). The second-order valence-corrected chi connectivity index (χ2v) is 5.96. The molecule has 20 heavy (non-hydrogen) atoms. The summed E-state index contributed by atoms with van der Waals surface area (Å²) in [4.78, 5) is 8.34. The fourth-order valence-corrected chi connectivity index (χ4v) is 3.08. The van der Waals surface area contributed by atoms with Crippen LogP contribution in [-0.4, -0.2) is 15.1 Å². The van der Waals surface area contributed by atoms with Gasteiger partial charge >= 0.3 is 0 Å². The van der Waals surface area contributed by atoms with Gasteiger partial charge in [0, 0.05) is 17.8 Å². The van der Waals surface area contributed by atoms with Crippen LogP contribution in [0.5, 0.6) is 0 Å². The smallest absolute Gasteiger partial charge is 0.157 e. The van der Waals surface area contributed by atoms with Gasteiger partial charge in [0.25, 0.3) is 0 Å². The van der Waals surface area contributed by atoms with Crippen molar-refractivity contribution in [1.29, 1.82) is 0 Å². The molecule has 1 aliphatic rings.